The van der Waals surface area contributed by atoms with E-state index in [1.54, 1.807) is 0 Å². The van der Waals surface area contributed by atoms with Crippen LogP contribution in [0.5, 0.6) is 0 Å². The molecule has 1 aromatic rings. The van der Waals surface area contributed by atoms with Gasteiger partial charge in [0.05, 0.1) is 0 Å². The van der Waals surface area contributed by atoms with Crippen molar-refractivity contribution in [2.24, 2.45) is 5.73 Å². The SMILES string of the molecule is CCC[C@H](N)c1cc(I)ccc1I. The third-order valence-electron chi connectivity index (χ3n) is 1.96. The van der Waals surface area contributed by atoms with Crippen molar-refractivity contribution in [2.75, 3.05) is 0 Å². The zero-order valence-corrected chi connectivity index (χ0v) is 11.9. The Kier molecular flexibility index (Phi) is 4.96. The van der Waals surface area contributed by atoms with Crippen LogP contribution in [0, 0.1) is 7.14 Å². The lowest BCUT2D eigenvalue weighted by atomic mass is 10.0. The molecule has 0 fully saturated rings. The summed E-state index contributed by atoms with van der Waals surface area (Å²) in [5.41, 5.74) is 7.35. The van der Waals surface area contributed by atoms with Gasteiger partial charge in [-0.05, 0) is 75.4 Å². The van der Waals surface area contributed by atoms with Crippen LogP contribution in [0.25, 0.3) is 0 Å². The summed E-state index contributed by atoms with van der Waals surface area (Å²) in [6, 6.07) is 6.63. The van der Waals surface area contributed by atoms with Crippen molar-refractivity contribution in [3.8, 4) is 0 Å². The topological polar surface area (TPSA) is 26.0 Å². The van der Waals surface area contributed by atoms with Gasteiger partial charge in [0.25, 0.3) is 0 Å². The van der Waals surface area contributed by atoms with Gasteiger partial charge in [-0.3, -0.25) is 0 Å². The largest absolute Gasteiger partial charge is 0.324 e. The third-order valence-corrected chi connectivity index (χ3v) is 3.61. The quantitative estimate of drug-likeness (QED) is 0.769. The first-order valence-corrected chi connectivity index (χ1v) is 6.51. The van der Waals surface area contributed by atoms with E-state index in [0.717, 1.165) is 12.8 Å². The molecule has 0 saturated carbocycles. The summed E-state index contributed by atoms with van der Waals surface area (Å²) in [6.45, 7) is 2.17. The van der Waals surface area contributed by atoms with Crippen molar-refractivity contribution >= 4 is 45.2 Å². The molecule has 2 N–H and O–H groups in total. The molecule has 1 nitrogen and oxygen atoms in total. The van der Waals surface area contributed by atoms with Gasteiger partial charge in [0.1, 0.15) is 0 Å². The van der Waals surface area contributed by atoms with Gasteiger partial charge in [0.15, 0.2) is 0 Å². The minimum Gasteiger partial charge on any atom is -0.324 e. The Bertz CT molecular complexity index is 286. The molecule has 0 aliphatic rings. The fraction of sp³-hybridized carbons (Fsp3) is 0.400. The van der Waals surface area contributed by atoms with Crippen LogP contribution >= 0.6 is 45.2 Å². The maximum atomic E-state index is 6.07. The predicted octanol–water partition coefficient (Wildman–Crippen LogP) is 3.70. The van der Waals surface area contributed by atoms with Gasteiger partial charge in [-0.1, -0.05) is 13.3 Å². The summed E-state index contributed by atoms with van der Waals surface area (Å²) < 4.78 is 2.54. The van der Waals surface area contributed by atoms with Crippen LogP contribution in [-0.2, 0) is 0 Å². The number of nitrogens with two attached hydrogens (primary N) is 1. The first kappa shape index (κ1) is 11.7. The third kappa shape index (κ3) is 3.36. The highest BCUT2D eigenvalue weighted by atomic mass is 127. The molecule has 13 heavy (non-hydrogen) atoms. The average molecular weight is 401 g/mol. The number of hydrogen-bond acceptors (Lipinski definition) is 1. The van der Waals surface area contributed by atoms with Gasteiger partial charge in [0, 0.05) is 13.2 Å². The Balaban J connectivity index is 2.91. The highest BCUT2D eigenvalue weighted by Crippen LogP contribution is 2.23. The van der Waals surface area contributed by atoms with E-state index in [0.29, 0.717) is 0 Å². The number of hydrogen-bond donors (Lipinski definition) is 1. The van der Waals surface area contributed by atoms with Crippen LogP contribution in [0.15, 0.2) is 18.2 Å². The first-order chi connectivity index (χ1) is 6.15. The number of halogens is 2. The van der Waals surface area contributed by atoms with Crippen molar-refractivity contribution in [3.63, 3.8) is 0 Å². The van der Waals surface area contributed by atoms with Crippen molar-refractivity contribution in [1.29, 1.82) is 0 Å². The van der Waals surface area contributed by atoms with Gasteiger partial charge >= 0.3 is 0 Å². The fourth-order valence-corrected chi connectivity index (χ4v) is 2.52. The Morgan fingerprint density at radius 3 is 2.69 bits per heavy atom. The number of rotatable bonds is 3. The van der Waals surface area contributed by atoms with E-state index < -0.39 is 0 Å². The van der Waals surface area contributed by atoms with E-state index in [1.165, 1.54) is 12.7 Å². The highest BCUT2D eigenvalue weighted by Gasteiger charge is 2.08. The summed E-state index contributed by atoms with van der Waals surface area (Å²) in [4.78, 5) is 0. The second-order valence-electron chi connectivity index (χ2n) is 3.06. The molecule has 0 heterocycles. The van der Waals surface area contributed by atoms with Gasteiger partial charge < -0.3 is 5.73 Å². The Hall–Kier alpha value is 0.640. The first-order valence-electron chi connectivity index (χ1n) is 4.35. The summed E-state index contributed by atoms with van der Waals surface area (Å²) in [6.07, 6.45) is 2.21. The van der Waals surface area contributed by atoms with Crippen LogP contribution in [-0.4, -0.2) is 0 Å². The monoisotopic (exact) mass is 401 g/mol. The fourth-order valence-electron chi connectivity index (χ4n) is 1.27. The van der Waals surface area contributed by atoms with Crippen LogP contribution in [0.3, 0.4) is 0 Å². The minimum absolute atomic E-state index is 0.201. The normalized spacial score (nSPS) is 12.9. The second kappa shape index (κ2) is 5.50. The molecular formula is C10H13I2N. The molecule has 0 spiro atoms. The molecule has 72 valence electrons. The lowest BCUT2D eigenvalue weighted by molar-refractivity contribution is 0.635. The molecule has 1 atom stereocenters. The molecular weight excluding hydrogens is 388 g/mol. The van der Waals surface area contributed by atoms with Crippen LogP contribution in [0.2, 0.25) is 0 Å². The van der Waals surface area contributed by atoms with Gasteiger partial charge in [-0.15, -0.1) is 0 Å². The van der Waals surface area contributed by atoms with E-state index >= 15 is 0 Å². The number of benzene rings is 1. The smallest absolute Gasteiger partial charge is 0.0305 e. The molecule has 1 rings (SSSR count). The Morgan fingerprint density at radius 2 is 2.08 bits per heavy atom. The molecule has 0 unspecified atom stereocenters. The van der Waals surface area contributed by atoms with E-state index in [9.17, 15) is 0 Å². The predicted molar refractivity (Wildman–Crippen MR) is 73.7 cm³/mol. The highest BCUT2D eigenvalue weighted by molar-refractivity contribution is 14.1. The zero-order chi connectivity index (χ0) is 9.84. The van der Waals surface area contributed by atoms with Crippen molar-refractivity contribution in [1.82, 2.24) is 0 Å². The maximum Gasteiger partial charge on any atom is 0.0305 e. The second-order valence-corrected chi connectivity index (χ2v) is 5.47. The van der Waals surface area contributed by atoms with Crippen LogP contribution in [0.1, 0.15) is 31.4 Å². The molecule has 0 aromatic heterocycles. The minimum atomic E-state index is 0.201. The summed E-state index contributed by atoms with van der Waals surface area (Å²) in [5.74, 6) is 0. The standard InChI is InChI=1S/C10H13I2N/c1-2-3-10(13)8-6-7(11)4-5-9(8)12/h4-6,10H,2-3,13H2,1H3/t10-/m0/s1. The molecule has 0 aliphatic heterocycles. The van der Waals surface area contributed by atoms with Crippen molar-refractivity contribution in [3.05, 3.63) is 30.9 Å². The zero-order valence-electron chi connectivity index (χ0n) is 7.56. The van der Waals surface area contributed by atoms with E-state index in [-0.39, 0.29) is 6.04 Å². The van der Waals surface area contributed by atoms with Crippen molar-refractivity contribution < 1.29 is 0 Å². The molecule has 0 bridgehead atoms. The van der Waals surface area contributed by atoms with Gasteiger partial charge in [-0.25, -0.2) is 0 Å². The lowest BCUT2D eigenvalue weighted by Gasteiger charge is -2.13. The Labute approximate surface area is 107 Å². The van der Waals surface area contributed by atoms with Crippen LogP contribution < -0.4 is 5.73 Å². The molecule has 3 heteroatoms. The summed E-state index contributed by atoms with van der Waals surface area (Å²) in [5, 5.41) is 0. The van der Waals surface area contributed by atoms with E-state index in [2.05, 4.69) is 70.3 Å². The molecule has 0 amide bonds. The van der Waals surface area contributed by atoms with E-state index in [4.69, 9.17) is 5.73 Å². The van der Waals surface area contributed by atoms with E-state index in [1.807, 2.05) is 0 Å². The van der Waals surface area contributed by atoms with Gasteiger partial charge in [0.2, 0.25) is 0 Å². The lowest BCUT2D eigenvalue weighted by Crippen LogP contribution is -2.11. The molecule has 1 aromatic carbocycles. The van der Waals surface area contributed by atoms with Crippen molar-refractivity contribution in [2.45, 2.75) is 25.8 Å². The van der Waals surface area contributed by atoms with Crippen LogP contribution in [0.4, 0.5) is 0 Å². The summed E-state index contributed by atoms with van der Waals surface area (Å²) in [7, 11) is 0. The maximum absolute atomic E-state index is 6.07. The molecule has 0 aliphatic carbocycles. The molecule has 0 radical (unpaired) electrons. The average Bonchev–Trinajstić information content (AvgIpc) is 2.09. The Morgan fingerprint density at radius 1 is 1.38 bits per heavy atom. The summed E-state index contributed by atoms with van der Waals surface area (Å²) >= 11 is 4.67. The molecule has 0 saturated heterocycles. The van der Waals surface area contributed by atoms with Gasteiger partial charge in [-0.2, -0.15) is 0 Å².